The largest absolute Gasteiger partial charge is 0.478 e. The number of hydrogen-bond acceptors (Lipinski definition) is 3. The average Bonchev–Trinajstić information content (AvgIpc) is 2.44. The maximum absolute atomic E-state index is 12.7. The lowest BCUT2D eigenvalue weighted by atomic mass is 9.68. The van der Waals surface area contributed by atoms with Gasteiger partial charge in [0, 0.05) is 5.57 Å². The minimum absolute atomic E-state index is 0.253. The molecule has 0 spiro atoms. The fourth-order valence-corrected chi connectivity index (χ4v) is 2.91. The van der Waals surface area contributed by atoms with Crippen molar-refractivity contribution in [3.8, 4) is 0 Å². The summed E-state index contributed by atoms with van der Waals surface area (Å²) in [6, 6.07) is 4.50. The van der Waals surface area contributed by atoms with Crippen LogP contribution in [0.1, 0.15) is 37.3 Å². The van der Waals surface area contributed by atoms with Crippen LogP contribution in [0.2, 0.25) is 0 Å². The zero-order valence-electron chi connectivity index (χ0n) is 13.0. The fraction of sp³-hybridized carbons (Fsp3) is 0.412. The second-order valence-electron chi connectivity index (χ2n) is 6.14. The Hall–Kier alpha value is -2.31. The Labute approximate surface area is 136 Å². The van der Waals surface area contributed by atoms with E-state index in [0.29, 0.717) is 18.4 Å². The molecule has 0 atom stereocenters. The molecule has 1 saturated carbocycles. The van der Waals surface area contributed by atoms with Crippen molar-refractivity contribution in [2.75, 3.05) is 0 Å². The van der Waals surface area contributed by atoms with E-state index in [-0.39, 0.29) is 11.5 Å². The van der Waals surface area contributed by atoms with Crippen LogP contribution in [-0.2, 0) is 26.1 Å². The molecule has 0 heterocycles. The molecule has 0 aliphatic heterocycles. The highest BCUT2D eigenvalue weighted by molar-refractivity contribution is 5.91. The van der Waals surface area contributed by atoms with Crippen molar-refractivity contribution in [1.82, 2.24) is 0 Å². The van der Waals surface area contributed by atoms with Gasteiger partial charge in [-0.15, -0.1) is 0 Å². The van der Waals surface area contributed by atoms with Gasteiger partial charge in [-0.25, -0.2) is 4.79 Å². The smallest absolute Gasteiger partial charge is 0.416 e. The van der Waals surface area contributed by atoms with Gasteiger partial charge in [0.05, 0.1) is 12.0 Å². The van der Waals surface area contributed by atoms with Gasteiger partial charge in [-0.05, 0) is 36.5 Å². The van der Waals surface area contributed by atoms with Crippen LogP contribution in [0.4, 0.5) is 13.2 Å². The van der Waals surface area contributed by atoms with Gasteiger partial charge in [-0.1, -0.05) is 25.6 Å². The zero-order valence-corrected chi connectivity index (χ0v) is 13.0. The summed E-state index contributed by atoms with van der Waals surface area (Å²) in [4.78, 5) is 22.7. The minimum Gasteiger partial charge on any atom is -0.478 e. The lowest BCUT2D eigenvalue weighted by Crippen LogP contribution is -2.44. The lowest BCUT2D eigenvalue weighted by molar-refractivity contribution is -0.178. The number of carboxylic acid groups (broad SMARTS) is 1. The number of hydrogen-bond donors (Lipinski definition) is 1. The number of ether oxygens (including phenoxy) is 1. The van der Waals surface area contributed by atoms with E-state index in [0.717, 1.165) is 12.1 Å². The fourth-order valence-electron chi connectivity index (χ4n) is 2.91. The summed E-state index contributed by atoms with van der Waals surface area (Å²) in [5.74, 6) is -1.80. The highest BCUT2D eigenvalue weighted by atomic mass is 19.4. The quantitative estimate of drug-likeness (QED) is 0.651. The number of carbonyl (C=O) groups excluding carboxylic acids is 1. The summed E-state index contributed by atoms with van der Waals surface area (Å²) in [6.07, 6.45) is -3.95. The predicted octanol–water partition coefficient (Wildman–Crippen LogP) is 3.90. The van der Waals surface area contributed by atoms with Gasteiger partial charge < -0.3 is 9.84 Å². The molecule has 1 N–H and O–H groups in total. The van der Waals surface area contributed by atoms with Crippen molar-refractivity contribution in [1.29, 1.82) is 0 Å². The van der Waals surface area contributed by atoms with Crippen molar-refractivity contribution in [2.45, 2.75) is 38.0 Å². The number of carbonyl (C=O) groups is 2. The summed E-state index contributed by atoms with van der Waals surface area (Å²) in [6.45, 7) is 5.21. The van der Waals surface area contributed by atoms with Gasteiger partial charge >= 0.3 is 18.1 Å². The molecule has 1 aliphatic carbocycles. The van der Waals surface area contributed by atoms with Crippen LogP contribution in [0.15, 0.2) is 36.4 Å². The summed E-state index contributed by atoms with van der Waals surface area (Å²) < 4.78 is 43.4. The van der Waals surface area contributed by atoms with Crippen LogP contribution in [0.3, 0.4) is 0 Å². The molecule has 0 amide bonds. The lowest BCUT2D eigenvalue weighted by Gasteiger charge is -2.46. The number of halogens is 3. The van der Waals surface area contributed by atoms with E-state index in [9.17, 15) is 22.8 Å². The molecule has 0 radical (unpaired) electrons. The Morgan fingerprint density at radius 2 is 1.83 bits per heavy atom. The zero-order chi connectivity index (χ0) is 18.1. The third-order valence-corrected chi connectivity index (χ3v) is 4.06. The summed E-state index contributed by atoms with van der Waals surface area (Å²) in [7, 11) is 0. The van der Waals surface area contributed by atoms with E-state index in [1.165, 1.54) is 12.1 Å². The molecular weight excluding hydrogens is 325 g/mol. The van der Waals surface area contributed by atoms with Crippen LogP contribution in [0.25, 0.3) is 0 Å². The van der Waals surface area contributed by atoms with Crippen LogP contribution in [0, 0.1) is 5.92 Å². The van der Waals surface area contributed by atoms with Crippen molar-refractivity contribution in [3.05, 3.63) is 47.5 Å². The molecule has 4 nitrogen and oxygen atoms in total. The number of esters is 1. The highest BCUT2D eigenvalue weighted by Crippen LogP contribution is 2.49. The average molecular weight is 342 g/mol. The molecule has 24 heavy (non-hydrogen) atoms. The summed E-state index contributed by atoms with van der Waals surface area (Å²) in [5, 5.41) is 8.75. The summed E-state index contributed by atoms with van der Waals surface area (Å²) >= 11 is 0. The number of benzene rings is 1. The van der Waals surface area contributed by atoms with Crippen molar-refractivity contribution in [3.63, 3.8) is 0 Å². The topological polar surface area (TPSA) is 63.6 Å². The standard InChI is InChI=1S/C17H17F3O4/c1-10-8-16(9-10,24-14(21)7-11(2)15(22)23)12-3-5-13(6-4-12)17(18,19)20/h3-6,10H,2,7-9H2,1H3,(H,22,23)/t10-,16+. The Bertz CT molecular complexity index is 655. The van der Waals surface area contributed by atoms with Crippen molar-refractivity contribution in [2.24, 2.45) is 5.92 Å². The minimum atomic E-state index is -4.44. The SMILES string of the molecule is C=C(CC(=O)O[C@]1(c2ccc(C(F)(F)F)cc2)C[C@H](C)C1)C(=O)O. The molecule has 2 rings (SSSR count). The third-order valence-electron chi connectivity index (χ3n) is 4.06. The molecule has 130 valence electrons. The molecule has 0 unspecified atom stereocenters. The monoisotopic (exact) mass is 342 g/mol. The van der Waals surface area contributed by atoms with E-state index >= 15 is 0 Å². The predicted molar refractivity (Wildman–Crippen MR) is 79.0 cm³/mol. The Morgan fingerprint density at radius 3 is 2.25 bits per heavy atom. The molecule has 1 aromatic carbocycles. The number of rotatable bonds is 5. The maximum atomic E-state index is 12.7. The van der Waals surface area contributed by atoms with Gasteiger partial charge in [-0.3, -0.25) is 4.79 Å². The molecule has 0 bridgehead atoms. The van der Waals surface area contributed by atoms with Crippen LogP contribution in [-0.4, -0.2) is 17.0 Å². The normalized spacial score (nSPS) is 23.2. The van der Waals surface area contributed by atoms with Crippen LogP contribution >= 0.6 is 0 Å². The van der Waals surface area contributed by atoms with Crippen LogP contribution in [0.5, 0.6) is 0 Å². The molecule has 0 saturated heterocycles. The van der Waals surface area contributed by atoms with E-state index in [1.807, 2.05) is 6.92 Å². The van der Waals surface area contributed by atoms with E-state index in [2.05, 4.69) is 6.58 Å². The van der Waals surface area contributed by atoms with Gasteiger partial charge in [0.2, 0.25) is 0 Å². The molecule has 1 aliphatic rings. The first-order valence-corrected chi connectivity index (χ1v) is 7.34. The van der Waals surface area contributed by atoms with E-state index in [1.54, 1.807) is 0 Å². The first-order valence-electron chi connectivity index (χ1n) is 7.34. The molecule has 0 aromatic heterocycles. The van der Waals surface area contributed by atoms with Gasteiger partial charge in [-0.2, -0.15) is 13.2 Å². The Kier molecular flexibility index (Phi) is 4.73. The Balaban J connectivity index is 2.17. The Morgan fingerprint density at radius 1 is 1.29 bits per heavy atom. The van der Waals surface area contributed by atoms with Gasteiger partial charge in [0.25, 0.3) is 0 Å². The second-order valence-corrected chi connectivity index (χ2v) is 6.14. The summed E-state index contributed by atoms with van der Waals surface area (Å²) in [5.41, 5.74) is -1.60. The second kappa shape index (κ2) is 6.30. The van der Waals surface area contributed by atoms with Gasteiger partial charge in [0.1, 0.15) is 5.60 Å². The molecule has 7 heteroatoms. The highest BCUT2D eigenvalue weighted by Gasteiger charge is 2.47. The third kappa shape index (κ3) is 3.77. The molecule has 1 aromatic rings. The molecular formula is C17H17F3O4. The number of aliphatic carboxylic acids is 1. The van der Waals surface area contributed by atoms with E-state index in [4.69, 9.17) is 9.84 Å². The first-order chi connectivity index (χ1) is 11.0. The van der Waals surface area contributed by atoms with Gasteiger partial charge in [0.15, 0.2) is 0 Å². The van der Waals surface area contributed by atoms with E-state index < -0.39 is 35.7 Å². The number of carboxylic acids is 1. The van der Waals surface area contributed by atoms with Crippen molar-refractivity contribution < 1.29 is 32.6 Å². The number of alkyl halides is 3. The first kappa shape index (κ1) is 18.0. The maximum Gasteiger partial charge on any atom is 0.416 e. The van der Waals surface area contributed by atoms with Crippen LogP contribution < -0.4 is 0 Å². The molecule has 1 fully saturated rings. The van der Waals surface area contributed by atoms with Crippen molar-refractivity contribution >= 4 is 11.9 Å².